The summed E-state index contributed by atoms with van der Waals surface area (Å²) >= 11 is 3.10. The van der Waals surface area contributed by atoms with E-state index in [1.54, 1.807) is 24.2 Å². The average molecular weight is 357 g/mol. The molecule has 4 nitrogen and oxygen atoms in total. The number of carbonyl (C=O) groups is 1. The van der Waals surface area contributed by atoms with Gasteiger partial charge in [-0.3, -0.25) is 4.79 Å². The van der Waals surface area contributed by atoms with Crippen LogP contribution in [0.25, 0.3) is 0 Å². The molecule has 2 aromatic heterocycles. The van der Waals surface area contributed by atoms with Gasteiger partial charge in [0.25, 0.3) is 5.91 Å². The highest BCUT2D eigenvalue weighted by atomic mass is 32.2. The Balaban J connectivity index is 1.58. The average Bonchev–Trinajstić information content (AvgIpc) is 3.03. The largest absolute Gasteiger partial charge is 0.271 e. The van der Waals surface area contributed by atoms with Crippen molar-refractivity contribution < 1.29 is 9.18 Å². The summed E-state index contributed by atoms with van der Waals surface area (Å²) in [5.41, 5.74) is 2.61. The molecule has 0 aliphatic rings. The van der Waals surface area contributed by atoms with Crippen molar-refractivity contribution in [3.05, 3.63) is 77.1 Å². The molecular weight excluding hydrogens is 345 g/mol. The van der Waals surface area contributed by atoms with E-state index in [9.17, 15) is 9.18 Å². The van der Waals surface area contributed by atoms with E-state index < -0.39 is 11.7 Å². The lowest BCUT2D eigenvalue weighted by Gasteiger charge is -1.99. The first-order valence-electron chi connectivity index (χ1n) is 6.98. The van der Waals surface area contributed by atoms with E-state index >= 15 is 0 Å². The third kappa shape index (κ3) is 4.50. The highest BCUT2D eigenvalue weighted by Crippen LogP contribution is 2.31. The van der Waals surface area contributed by atoms with Gasteiger partial charge in [-0.05, 0) is 42.5 Å². The van der Waals surface area contributed by atoms with Crippen molar-refractivity contribution in [1.82, 2.24) is 10.4 Å². The Morgan fingerprint density at radius 2 is 2.12 bits per heavy atom. The molecule has 7 heteroatoms. The van der Waals surface area contributed by atoms with E-state index in [0.29, 0.717) is 0 Å². The zero-order valence-corrected chi connectivity index (χ0v) is 14.0. The molecule has 0 unspecified atom stereocenters. The van der Waals surface area contributed by atoms with Gasteiger partial charge in [0.2, 0.25) is 0 Å². The number of amides is 1. The van der Waals surface area contributed by atoms with Crippen LogP contribution in [0.4, 0.5) is 4.39 Å². The Morgan fingerprint density at radius 1 is 1.21 bits per heavy atom. The zero-order valence-electron chi connectivity index (χ0n) is 12.3. The topological polar surface area (TPSA) is 54.4 Å². The van der Waals surface area contributed by atoms with E-state index in [2.05, 4.69) is 15.5 Å². The summed E-state index contributed by atoms with van der Waals surface area (Å²) in [5, 5.41) is 4.83. The summed E-state index contributed by atoms with van der Waals surface area (Å²) < 4.78 is 14.1. The van der Waals surface area contributed by atoms with Crippen LogP contribution in [0.3, 0.4) is 0 Å². The first kappa shape index (κ1) is 16.4. The number of halogens is 1. The highest BCUT2D eigenvalue weighted by molar-refractivity contribution is 8.01. The van der Waals surface area contributed by atoms with Crippen molar-refractivity contribution in [2.75, 3.05) is 0 Å². The van der Waals surface area contributed by atoms with Crippen LogP contribution in [0.5, 0.6) is 0 Å². The number of carbonyl (C=O) groups excluding carboxylic acids is 1. The van der Waals surface area contributed by atoms with Gasteiger partial charge in [-0.15, -0.1) is 11.3 Å². The summed E-state index contributed by atoms with van der Waals surface area (Å²) in [6.45, 7) is 0. The fourth-order valence-corrected chi connectivity index (χ4v) is 3.74. The van der Waals surface area contributed by atoms with Crippen molar-refractivity contribution in [3.8, 4) is 0 Å². The molecule has 0 aliphatic carbocycles. The quantitative estimate of drug-likeness (QED) is 0.550. The minimum atomic E-state index is -0.457. The number of hydrogen-bond acceptors (Lipinski definition) is 5. The predicted molar refractivity (Wildman–Crippen MR) is 94.1 cm³/mol. The number of nitrogens with zero attached hydrogens (tertiary/aromatic N) is 2. The molecule has 1 amide bonds. The summed E-state index contributed by atoms with van der Waals surface area (Å²) in [5.74, 6) is -0.911. The second-order valence-electron chi connectivity index (χ2n) is 4.64. The molecule has 0 spiro atoms. The normalized spacial score (nSPS) is 10.9. The van der Waals surface area contributed by atoms with Crippen LogP contribution in [0.1, 0.15) is 15.2 Å². The Morgan fingerprint density at radius 3 is 2.92 bits per heavy atom. The fourth-order valence-electron chi connectivity index (χ4n) is 1.82. The Bertz CT molecular complexity index is 865. The van der Waals surface area contributed by atoms with Crippen LogP contribution < -0.4 is 5.43 Å². The van der Waals surface area contributed by atoms with E-state index in [0.717, 1.165) is 20.2 Å². The van der Waals surface area contributed by atoms with Gasteiger partial charge in [0.1, 0.15) is 10.8 Å². The van der Waals surface area contributed by atoms with Gasteiger partial charge < -0.3 is 0 Å². The number of nitrogens with one attached hydrogen (secondary N) is 1. The van der Waals surface area contributed by atoms with Gasteiger partial charge in [0.05, 0.1) is 10.4 Å². The molecule has 3 rings (SSSR count). The van der Waals surface area contributed by atoms with E-state index in [4.69, 9.17) is 0 Å². The highest BCUT2D eigenvalue weighted by Gasteiger charge is 2.05. The lowest BCUT2D eigenvalue weighted by molar-refractivity contribution is 0.0954. The van der Waals surface area contributed by atoms with Gasteiger partial charge in [-0.2, -0.15) is 5.10 Å². The van der Waals surface area contributed by atoms with Crippen molar-refractivity contribution in [3.63, 3.8) is 0 Å². The molecule has 3 aromatic rings. The third-order valence-electron chi connectivity index (χ3n) is 2.89. The Hall–Kier alpha value is -2.51. The third-order valence-corrected chi connectivity index (χ3v) is 4.99. The van der Waals surface area contributed by atoms with Crippen molar-refractivity contribution in [2.24, 2.45) is 5.10 Å². The van der Waals surface area contributed by atoms with Crippen LogP contribution in [0.15, 0.2) is 75.1 Å². The van der Waals surface area contributed by atoms with Crippen LogP contribution in [0.2, 0.25) is 0 Å². The maximum atomic E-state index is 13.1. The number of hydrazone groups is 1. The maximum Gasteiger partial charge on any atom is 0.271 e. The molecule has 120 valence electrons. The van der Waals surface area contributed by atoms with Crippen molar-refractivity contribution in [1.29, 1.82) is 0 Å². The number of hydrogen-bond donors (Lipinski definition) is 1. The molecule has 0 atom stereocenters. The first-order valence-corrected chi connectivity index (χ1v) is 8.62. The molecular formula is C17H12FN3OS2. The second kappa shape index (κ2) is 7.85. The maximum absolute atomic E-state index is 13.1. The summed E-state index contributed by atoms with van der Waals surface area (Å²) in [6.07, 6.45) is 3.31. The lowest BCUT2D eigenvalue weighted by atomic mass is 10.2. The van der Waals surface area contributed by atoms with Crippen molar-refractivity contribution in [2.45, 2.75) is 9.24 Å². The summed E-state index contributed by atoms with van der Waals surface area (Å²) in [7, 11) is 0. The number of pyridine rings is 1. The van der Waals surface area contributed by atoms with Gasteiger partial charge in [-0.1, -0.05) is 23.9 Å². The molecule has 24 heavy (non-hydrogen) atoms. The minimum Gasteiger partial charge on any atom is -0.267 e. The molecule has 0 saturated heterocycles. The van der Waals surface area contributed by atoms with E-state index in [1.165, 1.54) is 29.5 Å². The molecule has 0 aliphatic heterocycles. The van der Waals surface area contributed by atoms with Gasteiger partial charge in [-0.25, -0.2) is 14.8 Å². The van der Waals surface area contributed by atoms with Gasteiger partial charge in [0, 0.05) is 16.6 Å². The fraction of sp³-hybridized carbons (Fsp3) is 0. The molecule has 0 bridgehead atoms. The van der Waals surface area contributed by atoms with Crippen molar-refractivity contribution >= 4 is 35.2 Å². The van der Waals surface area contributed by atoms with Crippen LogP contribution in [-0.2, 0) is 0 Å². The first-order chi connectivity index (χ1) is 11.7. The molecule has 1 aromatic carbocycles. The molecule has 0 radical (unpaired) electrons. The molecule has 2 heterocycles. The monoisotopic (exact) mass is 357 g/mol. The Labute approximate surface area is 146 Å². The van der Waals surface area contributed by atoms with Crippen LogP contribution in [0, 0.1) is 5.82 Å². The van der Waals surface area contributed by atoms with E-state index in [-0.39, 0.29) is 5.56 Å². The standard InChI is InChI=1S/C17H12FN3OS2/c18-13-5-3-4-12(10-13)17(22)21-20-11-14-7-8-16(23-14)24-15-6-1-2-9-19-15/h1-11H,(H,21,22)/b20-11+. The van der Waals surface area contributed by atoms with Crippen LogP contribution >= 0.6 is 23.1 Å². The number of thiophene rings is 1. The Kier molecular flexibility index (Phi) is 5.35. The minimum absolute atomic E-state index is 0.227. The molecule has 1 N–H and O–H groups in total. The number of aromatic nitrogens is 1. The number of benzene rings is 1. The summed E-state index contributed by atoms with van der Waals surface area (Å²) in [4.78, 5) is 17.0. The molecule has 0 fully saturated rings. The molecule has 0 saturated carbocycles. The van der Waals surface area contributed by atoms with E-state index in [1.807, 2.05) is 30.3 Å². The zero-order chi connectivity index (χ0) is 16.8. The lowest BCUT2D eigenvalue weighted by Crippen LogP contribution is -2.17. The smallest absolute Gasteiger partial charge is 0.267 e. The van der Waals surface area contributed by atoms with Gasteiger partial charge in [0.15, 0.2) is 0 Å². The second-order valence-corrected chi connectivity index (χ2v) is 7.07. The number of rotatable bonds is 5. The predicted octanol–water partition coefficient (Wildman–Crippen LogP) is 4.20. The summed E-state index contributed by atoms with van der Waals surface area (Å²) in [6, 6.07) is 15.1. The van der Waals surface area contributed by atoms with Gasteiger partial charge >= 0.3 is 0 Å². The van der Waals surface area contributed by atoms with Crippen LogP contribution in [-0.4, -0.2) is 17.1 Å². The SMILES string of the molecule is O=C(N/N=C/c1ccc(Sc2ccccn2)s1)c1cccc(F)c1.